The van der Waals surface area contributed by atoms with E-state index in [-0.39, 0.29) is 0 Å². The summed E-state index contributed by atoms with van der Waals surface area (Å²) < 4.78 is 7.51. The lowest BCUT2D eigenvalue weighted by Crippen LogP contribution is -1.98. The van der Waals surface area contributed by atoms with E-state index in [9.17, 15) is 0 Å². The van der Waals surface area contributed by atoms with Crippen molar-refractivity contribution in [3.63, 3.8) is 0 Å². The van der Waals surface area contributed by atoms with Crippen molar-refractivity contribution in [1.29, 1.82) is 0 Å². The highest BCUT2D eigenvalue weighted by Gasteiger charge is 2.14. The van der Waals surface area contributed by atoms with Gasteiger partial charge in [-0.25, -0.2) is 4.98 Å². The summed E-state index contributed by atoms with van der Waals surface area (Å²) in [4.78, 5) is 4.89. The second-order valence-corrected chi connectivity index (χ2v) is 6.73. The Kier molecular flexibility index (Phi) is 4.21. The van der Waals surface area contributed by atoms with Gasteiger partial charge >= 0.3 is 0 Å². The third-order valence-electron chi connectivity index (χ3n) is 4.73. The van der Waals surface area contributed by atoms with Crippen LogP contribution in [0.4, 0.5) is 0 Å². The van der Waals surface area contributed by atoms with Crippen molar-refractivity contribution in [3.05, 3.63) is 78.4 Å². The topological polar surface area (TPSA) is 27.1 Å². The van der Waals surface area contributed by atoms with Crippen LogP contribution in [0, 0.1) is 0 Å². The Morgan fingerprint density at radius 3 is 2.19 bits per heavy atom. The second-order valence-electron chi connectivity index (χ2n) is 6.73. The predicted octanol–water partition coefficient (Wildman–Crippen LogP) is 5.82. The molecule has 3 heteroatoms. The van der Waals surface area contributed by atoms with E-state index in [0.717, 1.165) is 33.9 Å². The Bertz CT molecular complexity index is 1030. The van der Waals surface area contributed by atoms with Crippen LogP contribution >= 0.6 is 0 Å². The summed E-state index contributed by atoms with van der Waals surface area (Å²) in [5, 5.41) is 0. The molecule has 0 unspecified atom stereocenters. The number of para-hydroxylation sites is 2. The average molecular weight is 342 g/mol. The summed E-state index contributed by atoms with van der Waals surface area (Å²) in [5.41, 5.74) is 5.62. The minimum Gasteiger partial charge on any atom is -0.497 e. The van der Waals surface area contributed by atoms with Crippen LogP contribution in [-0.2, 0) is 0 Å². The maximum absolute atomic E-state index is 5.29. The molecule has 0 N–H and O–H groups in total. The maximum atomic E-state index is 5.29. The summed E-state index contributed by atoms with van der Waals surface area (Å²) >= 11 is 0. The molecule has 3 aromatic carbocycles. The van der Waals surface area contributed by atoms with Gasteiger partial charge in [0.05, 0.1) is 18.1 Å². The number of imidazole rings is 1. The van der Waals surface area contributed by atoms with E-state index in [1.165, 1.54) is 5.56 Å². The quantitative estimate of drug-likeness (QED) is 0.467. The van der Waals surface area contributed by atoms with Crippen molar-refractivity contribution in [1.82, 2.24) is 9.55 Å². The van der Waals surface area contributed by atoms with Crippen molar-refractivity contribution in [3.8, 4) is 22.8 Å². The van der Waals surface area contributed by atoms with Gasteiger partial charge in [0, 0.05) is 11.3 Å². The van der Waals surface area contributed by atoms with E-state index in [2.05, 4.69) is 73.0 Å². The Labute approximate surface area is 153 Å². The van der Waals surface area contributed by atoms with Crippen LogP contribution in [0.15, 0.2) is 72.8 Å². The number of hydrogen-bond donors (Lipinski definition) is 0. The SMILES string of the molecule is COc1ccc(-c2nc3ccccc3n2-c2ccc(C(C)C)cc2)cc1. The molecule has 3 nitrogen and oxygen atoms in total. The molecule has 0 fully saturated rings. The van der Waals surface area contributed by atoms with Crippen LogP contribution in [0.5, 0.6) is 5.75 Å². The number of hydrogen-bond acceptors (Lipinski definition) is 2. The van der Waals surface area contributed by atoms with Crippen molar-refractivity contribution in [2.45, 2.75) is 19.8 Å². The van der Waals surface area contributed by atoms with Crippen LogP contribution in [0.2, 0.25) is 0 Å². The molecule has 1 aromatic heterocycles. The molecule has 0 amide bonds. The minimum absolute atomic E-state index is 0.518. The molecule has 0 aliphatic heterocycles. The zero-order valence-corrected chi connectivity index (χ0v) is 15.3. The first-order chi connectivity index (χ1) is 12.7. The number of benzene rings is 3. The summed E-state index contributed by atoms with van der Waals surface area (Å²) in [6, 6.07) is 25.1. The monoisotopic (exact) mass is 342 g/mol. The van der Waals surface area contributed by atoms with Gasteiger partial charge in [0.2, 0.25) is 0 Å². The summed E-state index contributed by atoms with van der Waals surface area (Å²) in [6.45, 7) is 4.43. The zero-order valence-electron chi connectivity index (χ0n) is 15.3. The summed E-state index contributed by atoms with van der Waals surface area (Å²) in [7, 11) is 1.68. The van der Waals surface area contributed by atoms with Crippen LogP contribution in [0.25, 0.3) is 28.1 Å². The molecule has 130 valence electrons. The smallest absolute Gasteiger partial charge is 0.145 e. The maximum Gasteiger partial charge on any atom is 0.145 e. The van der Waals surface area contributed by atoms with E-state index >= 15 is 0 Å². The van der Waals surface area contributed by atoms with Crippen molar-refractivity contribution >= 4 is 11.0 Å². The van der Waals surface area contributed by atoms with Gasteiger partial charge in [0.1, 0.15) is 11.6 Å². The molecule has 26 heavy (non-hydrogen) atoms. The molecule has 0 aliphatic carbocycles. The molecule has 4 aromatic rings. The Morgan fingerprint density at radius 2 is 1.54 bits per heavy atom. The Balaban J connectivity index is 1.91. The normalized spacial score (nSPS) is 11.2. The minimum atomic E-state index is 0.518. The van der Waals surface area contributed by atoms with E-state index in [0.29, 0.717) is 5.92 Å². The summed E-state index contributed by atoms with van der Waals surface area (Å²) in [5.74, 6) is 2.30. The number of aromatic nitrogens is 2. The number of ether oxygens (including phenoxy) is 1. The third-order valence-corrected chi connectivity index (χ3v) is 4.73. The first kappa shape index (κ1) is 16.4. The van der Waals surface area contributed by atoms with Gasteiger partial charge in [0.25, 0.3) is 0 Å². The molecule has 0 saturated heterocycles. The highest BCUT2D eigenvalue weighted by Crippen LogP contribution is 2.30. The van der Waals surface area contributed by atoms with Crippen molar-refractivity contribution in [2.24, 2.45) is 0 Å². The lowest BCUT2D eigenvalue weighted by molar-refractivity contribution is 0.415. The number of fused-ring (bicyclic) bond motifs is 1. The lowest BCUT2D eigenvalue weighted by Gasteiger charge is -2.12. The van der Waals surface area contributed by atoms with Crippen molar-refractivity contribution < 1.29 is 4.74 Å². The van der Waals surface area contributed by atoms with Gasteiger partial charge in [-0.05, 0) is 60.0 Å². The summed E-state index contributed by atoms with van der Waals surface area (Å²) in [6.07, 6.45) is 0. The van der Waals surface area contributed by atoms with Gasteiger partial charge in [-0.1, -0.05) is 38.1 Å². The van der Waals surface area contributed by atoms with E-state index < -0.39 is 0 Å². The zero-order chi connectivity index (χ0) is 18.1. The number of rotatable bonds is 4. The van der Waals surface area contributed by atoms with Gasteiger partial charge in [-0.3, -0.25) is 4.57 Å². The fraction of sp³-hybridized carbons (Fsp3) is 0.174. The molecule has 0 bridgehead atoms. The molecular formula is C23H22N2O. The largest absolute Gasteiger partial charge is 0.497 e. The van der Waals surface area contributed by atoms with E-state index in [4.69, 9.17) is 9.72 Å². The molecule has 0 radical (unpaired) electrons. The molecule has 0 aliphatic rings. The predicted molar refractivity (Wildman–Crippen MR) is 107 cm³/mol. The number of nitrogens with zero attached hydrogens (tertiary/aromatic N) is 2. The first-order valence-corrected chi connectivity index (χ1v) is 8.89. The third kappa shape index (κ3) is 2.86. The van der Waals surface area contributed by atoms with Gasteiger partial charge in [0.15, 0.2) is 0 Å². The van der Waals surface area contributed by atoms with Crippen LogP contribution in [0.3, 0.4) is 0 Å². The molecule has 0 saturated carbocycles. The Morgan fingerprint density at radius 1 is 0.846 bits per heavy atom. The highest BCUT2D eigenvalue weighted by atomic mass is 16.5. The van der Waals surface area contributed by atoms with Gasteiger partial charge in [-0.2, -0.15) is 0 Å². The molecule has 0 spiro atoms. The highest BCUT2D eigenvalue weighted by molar-refractivity contribution is 5.83. The standard InChI is InChI=1S/C23H22N2O/c1-16(2)17-8-12-19(13-9-17)25-22-7-5-4-6-21(22)24-23(25)18-10-14-20(26-3)15-11-18/h4-16H,1-3H3. The van der Waals surface area contributed by atoms with Crippen molar-refractivity contribution in [2.75, 3.05) is 7.11 Å². The second kappa shape index (κ2) is 6.68. The fourth-order valence-corrected chi connectivity index (χ4v) is 3.23. The molecule has 1 heterocycles. The van der Waals surface area contributed by atoms with Crippen LogP contribution in [0.1, 0.15) is 25.3 Å². The van der Waals surface area contributed by atoms with Gasteiger partial charge < -0.3 is 4.74 Å². The molecule has 4 rings (SSSR count). The van der Waals surface area contributed by atoms with E-state index in [1.54, 1.807) is 7.11 Å². The molecular weight excluding hydrogens is 320 g/mol. The number of methoxy groups -OCH3 is 1. The van der Waals surface area contributed by atoms with Crippen LogP contribution < -0.4 is 4.74 Å². The average Bonchev–Trinajstić information content (AvgIpc) is 3.07. The van der Waals surface area contributed by atoms with Gasteiger partial charge in [-0.15, -0.1) is 0 Å². The lowest BCUT2D eigenvalue weighted by atomic mass is 10.0. The first-order valence-electron chi connectivity index (χ1n) is 8.89. The fourth-order valence-electron chi connectivity index (χ4n) is 3.23. The van der Waals surface area contributed by atoms with E-state index in [1.807, 2.05) is 18.2 Å². The molecule has 0 atom stereocenters. The Hall–Kier alpha value is -3.07. The van der Waals surface area contributed by atoms with Crippen LogP contribution in [-0.4, -0.2) is 16.7 Å².